The van der Waals surface area contributed by atoms with E-state index in [-0.39, 0.29) is 0 Å². The van der Waals surface area contributed by atoms with E-state index in [0.717, 1.165) is 29.9 Å². The zero-order valence-corrected chi connectivity index (χ0v) is 12.2. The van der Waals surface area contributed by atoms with Gasteiger partial charge in [-0.25, -0.2) is 4.98 Å². The molecule has 0 spiro atoms. The second-order valence-corrected chi connectivity index (χ2v) is 5.70. The maximum Gasteiger partial charge on any atom is 0.127 e. The Bertz CT molecular complexity index is 642. The lowest BCUT2D eigenvalue weighted by Gasteiger charge is -2.14. The number of nitrogens with one attached hydrogen (secondary N) is 1. The lowest BCUT2D eigenvalue weighted by atomic mass is 10.1. The van der Waals surface area contributed by atoms with Crippen molar-refractivity contribution in [3.8, 4) is 0 Å². The minimum Gasteiger partial charge on any atom is -0.389 e. The summed E-state index contributed by atoms with van der Waals surface area (Å²) in [5, 5.41) is 3.50. The van der Waals surface area contributed by atoms with Crippen LogP contribution in [0, 0.1) is 6.92 Å². The molecule has 0 fully saturated rings. The van der Waals surface area contributed by atoms with E-state index >= 15 is 0 Å². The van der Waals surface area contributed by atoms with Crippen LogP contribution in [-0.2, 0) is 12.8 Å². The van der Waals surface area contributed by atoms with Gasteiger partial charge in [-0.3, -0.25) is 0 Å². The van der Waals surface area contributed by atoms with Gasteiger partial charge < -0.3 is 11.1 Å². The highest BCUT2D eigenvalue weighted by Crippen LogP contribution is 2.24. The Kier molecular flexibility index (Phi) is 3.40. The van der Waals surface area contributed by atoms with Crippen LogP contribution < -0.4 is 11.1 Å². The molecule has 3 rings (SSSR count). The van der Waals surface area contributed by atoms with Crippen molar-refractivity contribution in [3.05, 3.63) is 58.8 Å². The van der Waals surface area contributed by atoms with Gasteiger partial charge in [-0.2, -0.15) is 0 Å². The van der Waals surface area contributed by atoms with E-state index < -0.39 is 0 Å². The molecule has 0 unspecified atom stereocenters. The first kappa shape index (κ1) is 13.1. The molecular formula is C16H17N3S. The molecule has 20 heavy (non-hydrogen) atoms. The third-order valence-corrected chi connectivity index (χ3v) is 3.88. The summed E-state index contributed by atoms with van der Waals surface area (Å²) in [6.07, 6.45) is 2.07. The Hall–Kier alpha value is -1.94. The average Bonchev–Trinajstić information content (AvgIpc) is 2.79. The zero-order valence-electron chi connectivity index (χ0n) is 11.4. The highest BCUT2D eigenvalue weighted by atomic mass is 32.1. The van der Waals surface area contributed by atoms with Crippen molar-refractivity contribution < 1.29 is 0 Å². The molecule has 3 nitrogen and oxygen atoms in total. The number of benzene rings is 1. The quantitative estimate of drug-likeness (QED) is 0.850. The van der Waals surface area contributed by atoms with Gasteiger partial charge in [0.25, 0.3) is 0 Å². The van der Waals surface area contributed by atoms with Crippen molar-refractivity contribution in [1.29, 1.82) is 0 Å². The molecule has 3 N–H and O–H groups in total. The number of hydrogen-bond acceptors (Lipinski definition) is 3. The first-order valence-electron chi connectivity index (χ1n) is 6.73. The number of aromatic nitrogens is 1. The van der Waals surface area contributed by atoms with Crippen molar-refractivity contribution in [1.82, 2.24) is 4.98 Å². The molecule has 102 valence electrons. The molecule has 0 saturated carbocycles. The third kappa shape index (κ3) is 2.65. The van der Waals surface area contributed by atoms with Crippen molar-refractivity contribution >= 4 is 23.0 Å². The third-order valence-electron chi connectivity index (χ3n) is 3.64. The first-order valence-corrected chi connectivity index (χ1v) is 7.14. The van der Waals surface area contributed by atoms with E-state index in [9.17, 15) is 0 Å². The number of pyridine rings is 1. The normalized spacial score (nSPS) is 14.1. The topological polar surface area (TPSA) is 50.9 Å². The van der Waals surface area contributed by atoms with Crippen LogP contribution >= 0.6 is 12.2 Å². The second-order valence-electron chi connectivity index (χ2n) is 5.26. The number of anilines is 1. The lowest BCUT2D eigenvalue weighted by Crippen LogP contribution is -2.21. The van der Waals surface area contributed by atoms with Crippen molar-refractivity contribution in [2.75, 3.05) is 5.32 Å². The number of nitrogens with zero attached hydrogens (tertiary/aromatic N) is 1. The van der Waals surface area contributed by atoms with Gasteiger partial charge in [-0.1, -0.05) is 36.5 Å². The monoisotopic (exact) mass is 283 g/mol. The van der Waals surface area contributed by atoms with Crippen molar-refractivity contribution in [3.63, 3.8) is 0 Å². The predicted octanol–water partition coefficient (Wildman–Crippen LogP) is 2.60. The van der Waals surface area contributed by atoms with E-state index in [2.05, 4.69) is 34.6 Å². The number of nitrogens with two attached hydrogens (primary N) is 1. The molecule has 1 aliphatic rings. The van der Waals surface area contributed by atoms with Crippen LogP contribution in [-0.4, -0.2) is 16.0 Å². The molecule has 0 atom stereocenters. The minimum atomic E-state index is 0.390. The summed E-state index contributed by atoms with van der Waals surface area (Å²) in [7, 11) is 0. The molecule has 1 aromatic carbocycles. The summed E-state index contributed by atoms with van der Waals surface area (Å²) in [6.45, 7) is 1.95. The van der Waals surface area contributed by atoms with E-state index in [0.29, 0.717) is 11.0 Å². The Labute approximate surface area is 124 Å². The Morgan fingerprint density at radius 3 is 2.50 bits per heavy atom. The maximum absolute atomic E-state index is 5.70. The van der Waals surface area contributed by atoms with Crippen LogP contribution in [0.3, 0.4) is 0 Å². The summed E-state index contributed by atoms with van der Waals surface area (Å²) in [5.41, 5.74) is 10.3. The fraction of sp³-hybridized carbons (Fsp3) is 0.250. The van der Waals surface area contributed by atoms with Crippen molar-refractivity contribution in [2.24, 2.45) is 5.73 Å². The highest BCUT2D eigenvalue weighted by Gasteiger charge is 2.21. The number of thiocarbonyl (C=S) groups is 1. The largest absolute Gasteiger partial charge is 0.389 e. The zero-order chi connectivity index (χ0) is 14.1. The van der Waals surface area contributed by atoms with E-state index in [1.165, 1.54) is 11.1 Å². The smallest absolute Gasteiger partial charge is 0.127 e. The molecule has 1 aliphatic carbocycles. The van der Waals surface area contributed by atoms with E-state index in [1.807, 2.05) is 19.1 Å². The summed E-state index contributed by atoms with van der Waals surface area (Å²) in [4.78, 5) is 4.93. The van der Waals surface area contributed by atoms with E-state index in [1.54, 1.807) is 0 Å². The van der Waals surface area contributed by atoms with Crippen LogP contribution in [0.25, 0.3) is 0 Å². The van der Waals surface area contributed by atoms with Gasteiger partial charge in [-0.05, 0) is 43.0 Å². The van der Waals surface area contributed by atoms with Crippen LogP contribution in [0.1, 0.15) is 22.4 Å². The van der Waals surface area contributed by atoms with Gasteiger partial charge >= 0.3 is 0 Å². The van der Waals surface area contributed by atoms with Crippen LogP contribution in [0.15, 0.2) is 36.4 Å². The molecule has 2 aromatic rings. The lowest BCUT2D eigenvalue weighted by molar-refractivity contribution is 0.768. The second kappa shape index (κ2) is 5.21. The summed E-state index contributed by atoms with van der Waals surface area (Å²) >= 11 is 5.04. The molecule has 0 bridgehead atoms. The number of aryl methyl sites for hydroxylation is 1. The van der Waals surface area contributed by atoms with Crippen LogP contribution in [0.2, 0.25) is 0 Å². The van der Waals surface area contributed by atoms with E-state index in [4.69, 9.17) is 18.0 Å². The Morgan fingerprint density at radius 1 is 1.25 bits per heavy atom. The molecule has 0 aliphatic heterocycles. The van der Waals surface area contributed by atoms with Gasteiger partial charge in [0.15, 0.2) is 0 Å². The predicted molar refractivity (Wildman–Crippen MR) is 86.1 cm³/mol. The van der Waals surface area contributed by atoms with Crippen molar-refractivity contribution in [2.45, 2.75) is 25.8 Å². The van der Waals surface area contributed by atoms with Gasteiger partial charge in [0, 0.05) is 17.3 Å². The Morgan fingerprint density at radius 2 is 1.90 bits per heavy atom. The number of hydrogen-bond donors (Lipinski definition) is 2. The SMILES string of the molecule is Cc1cc(C(N)=S)cc(NC2Cc3ccccc3C2)n1. The first-order chi connectivity index (χ1) is 9.61. The summed E-state index contributed by atoms with van der Waals surface area (Å²) < 4.78 is 0. The van der Waals surface area contributed by atoms with Gasteiger partial charge in [0.05, 0.1) is 0 Å². The summed E-state index contributed by atoms with van der Waals surface area (Å²) in [6, 6.07) is 12.8. The standard InChI is InChI=1S/C16H17N3S/c1-10-6-13(16(17)20)9-15(18-10)19-14-7-11-4-2-3-5-12(11)8-14/h2-6,9,14H,7-8H2,1H3,(H2,17,20)(H,18,19). The number of rotatable bonds is 3. The van der Waals surface area contributed by atoms with Gasteiger partial charge in [0.1, 0.15) is 10.8 Å². The number of fused-ring (bicyclic) bond motifs is 1. The highest BCUT2D eigenvalue weighted by molar-refractivity contribution is 7.80. The van der Waals surface area contributed by atoms with Crippen LogP contribution in [0.5, 0.6) is 0 Å². The Balaban J connectivity index is 1.78. The van der Waals surface area contributed by atoms with Crippen LogP contribution in [0.4, 0.5) is 5.82 Å². The molecule has 1 heterocycles. The van der Waals surface area contributed by atoms with Gasteiger partial charge in [-0.15, -0.1) is 0 Å². The molecular weight excluding hydrogens is 266 g/mol. The fourth-order valence-corrected chi connectivity index (χ4v) is 2.87. The maximum atomic E-state index is 5.70. The molecule has 0 radical (unpaired) electrons. The average molecular weight is 283 g/mol. The molecule has 4 heteroatoms. The summed E-state index contributed by atoms with van der Waals surface area (Å²) in [5.74, 6) is 0.852. The molecule has 0 saturated heterocycles. The molecule has 0 amide bonds. The minimum absolute atomic E-state index is 0.390. The van der Waals surface area contributed by atoms with Gasteiger partial charge in [0.2, 0.25) is 0 Å². The fourth-order valence-electron chi connectivity index (χ4n) is 2.75. The molecule has 1 aromatic heterocycles.